The molecule has 0 aliphatic heterocycles. The number of nitrogens with two attached hydrogens (primary N) is 2. The molecule has 6 nitrogen and oxygen atoms in total. The Hall–Kier alpha value is -1.30. The number of hydrazine groups is 1. The fraction of sp³-hybridized carbons (Fsp3) is 0.600. The SMILES string of the molecule is NNC(=O)NCCCC(N)=O. The van der Waals surface area contributed by atoms with Crippen molar-refractivity contribution in [1.29, 1.82) is 0 Å². The van der Waals surface area contributed by atoms with E-state index in [9.17, 15) is 9.59 Å². The van der Waals surface area contributed by atoms with Gasteiger partial charge in [-0.15, -0.1) is 0 Å². The molecule has 0 aromatic rings. The number of amides is 3. The zero-order chi connectivity index (χ0) is 8.69. The minimum Gasteiger partial charge on any atom is -0.370 e. The van der Waals surface area contributed by atoms with E-state index >= 15 is 0 Å². The summed E-state index contributed by atoms with van der Waals surface area (Å²) in [6, 6.07) is -0.463. The molecule has 0 aliphatic carbocycles. The third kappa shape index (κ3) is 6.59. The maximum atomic E-state index is 10.4. The zero-order valence-corrected chi connectivity index (χ0v) is 6.09. The highest BCUT2D eigenvalue weighted by Gasteiger charge is 1.96. The number of rotatable bonds is 4. The van der Waals surface area contributed by atoms with Crippen molar-refractivity contribution in [2.45, 2.75) is 12.8 Å². The van der Waals surface area contributed by atoms with Gasteiger partial charge in [0.25, 0.3) is 0 Å². The Balaban J connectivity index is 3.14. The number of hydrogen-bond acceptors (Lipinski definition) is 3. The van der Waals surface area contributed by atoms with Gasteiger partial charge in [0, 0.05) is 13.0 Å². The van der Waals surface area contributed by atoms with E-state index in [1.54, 1.807) is 0 Å². The van der Waals surface area contributed by atoms with E-state index in [2.05, 4.69) is 5.32 Å². The van der Waals surface area contributed by atoms with Crippen molar-refractivity contribution in [3.05, 3.63) is 0 Å². The lowest BCUT2D eigenvalue weighted by molar-refractivity contribution is -0.118. The average molecular weight is 160 g/mol. The molecule has 0 saturated heterocycles. The van der Waals surface area contributed by atoms with Gasteiger partial charge in [0.1, 0.15) is 0 Å². The van der Waals surface area contributed by atoms with Crippen molar-refractivity contribution < 1.29 is 9.59 Å². The van der Waals surface area contributed by atoms with Crippen LogP contribution in [0.2, 0.25) is 0 Å². The van der Waals surface area contributed by atoms with Gasteiger partial charge < -0.3 is 11.1 Å². The fourth-order valence-electron chi connectivity index (χ4n) is 0.516. The first-order valence-corrected chi connectivity index (χ1v) is 3.19. The predicted octanol–water partition coefficient (Wildman–Crippen LogP) is -1.58. The van der Waals surface area contributed by atoms with Crippen molar-refractivity contribution >= 4 is 11.9 Å². The summed E-state index contributed by atoms with van der Waals surface area (Å²) < 4.78 is 0. The molecule has 0 aromatic heterocycles. The predicted molar refractivity (Wildman–Crippen MR) is 39.2 cm³/mol. The smallest absolute Gasteiger partial charge is 0.328 e. The van der Waals surface area contributed by atoms with Crippen LogP contribution in [0.25, 0.3) is 0 Å². The van der Waals surface area contributed by atoms with Crippen LogP contribution in [0.4, 0.5) is 4.79 Å². The van der Waals surface area contributed by atoms with Gasteiger partial charge in [0.2, 0.25) is 5.91 Å². The molecule has 6 N–H and O–H groups in total. The Morgan fingerprint density at radius 1 is 1.36 bits per heavy atom. The highest BCUT2D eigenvalue weighted by molar-refractivity contribution is 5.74. The minimum absolute atomic E-state index is 0.269. The van der Waals surface area contributed by atoms with Crippen LogP contribution < -0.4 is 22.3 Å². The van der Waals surface area contributed by atoms with Gasteiger partial charge in [0.15, 0.2) is 0 Å². The molecular formula is C5H12N4O2. The zero-order valence-electron chi connectivity index (χ0n) is 6.09. The molecular weight excluding hydrogens is 148 g/mol. The summed E-state index contributed by atoms with van der Waals surface area (Å²) in [6.45, 7) is 0.395. The van der Waals surface area contributed by atoms with Gasteiger partial charge in [-0.3, -0.25) is 10.2 Å². The second kappa shape index (κ2) is 5.48. The molecule has 0 fully saturated rings. The first-order valence-electron chi connectivity index (χ1n) is 3.19. The third-order valence-electron chi connectivity index (χ3n) is 1.02. The van der Waals surface area contributed by atoms with Crippen molar-refractivity contribution in [2.75, 3.05) is 6.54 Å². The molecule has 0 aliphatic rings. The van der Waals surface area contributed by atoms with Crippen LogP contribution >= 0.6 is 0 Å². The van der Waals surface area contributed by atoms with E-state index in [4.69, 9.17) is 11.6 Å². The lowest BCUT2D eigenvalue weighted by Crippen LogP contribution is -2.40. The van der Waals surface area contributed by atoms with Gasteiger partial charge in [-0.25, -0.2) is 10.6 Å². The lowest BCUT2D eigenvalue weighted by atomic mass is 10.3. The molecule has 0 saturated carbocycles. The van der Waals surface area contributed by atoms with Crippen LogP contribution in [0.5, 0.6) is 0 Å². The van der Waals surface area contributed by atoms with Crippen LogP contribution in [-0.2, 0) is 4.79 Å². The summed E-state index contributed by atoms with van der Waals surface area (Å²) in [5.74, 6) is 4.39. The maximum Gasteiger partial charge on any atom is 0.328 e. The Morgan fingerprint density at radius 3 is 2.45 bits per heavy atom. The van der Waals surface area contributed by atoms with Gasteiger partial charge in [-0.2, -0.15) is 0 Å². The Kier molecular flexibility index (Phi) is 4.83. The van der Waals surface area contributed by atoms with E-state index in [0.29, 0.717) is 13.0 Å². The Morgan fingerprint density at radius 2 is 2.00 bits per heavy atom. The minimum atomic E-state index is -0.463. The highest BCUT2D eigenvalue weighted by atomic mass is 16.2. The molecule has 0 unspecified atom stereocenters. The van der Waals surface area contributed by atoms with E-state index < -0.39 is 6.03 Å². The van der Waals surface area contributed by atoms with Gasteiger partial charge >= 0.3 is 6.03 Å². The Bertz CT molecular complexity index is 147. The second-order valence-corrected chi connectivity index (χ2v) is 1.97. The summed E-state index contributed by atoms with van der Waals surface area (Å²) >= 11 is 0. The van der Waals surface area contributed by atoms with Gasteiger partial charge in [-0.1, -0.05) is 0 Å². The Labute approximate surface area is 64.3 Å². The second-order valence-electron chi connectivity index (χ2n) is 1.97. The molecule has 64 valence electrons. The number of primary amides is 1. The fourth-order valence-corrected chi connectivity index (χ4v) is 0.516. The summed E-state index contributed by atoms with van der Waals surface area (Å²) in [5, 5.41) is 2.40. The monoisotopic (exact) mass is 160 g/mol. The summed E-state index contributed by atoms with van der Waals surface area (Å²) in [7, 11) is 0. The van der Waals surface area contributed by atoms with Crippen LogP contribution in [-0.4, -0.2) is 18.5 Å². The number of carbonyl (C=O) groups excluding carboxylic acids is 2. The first kappa shape index (κ1) is 9.70. The van der Waals surface area contributed by atoms with Gasteiger partial charge in [0.05, 0.1) is 0 Å². The summed E-state index contributed by atoms with van der Waals surface area (Å²) in [4.78, 5) is 20.6. The van der Waals surface area contributed by atoms with E-state index in [0.717, 1.165) is 0 Å². The quantitative estimate of drug-likeness (QED) is 0.172. The largest absolute Gasteiger partial charge is 0.370 e. The van der Waals surface area contributed by atoms with Crippen molar-refractivity contribution in [3.8, 4) is 0 Å². The molecule has 6 heteroatoms. The van der Waals surface area contributed by atoms with Crippen LogP contribution in [0.15, 0.2) is 0 Å². The van der Waals surface area contributed by atoms with Crippen molar-refractivity contribution in [3.63, 3.8) is 0 Å². The third-order valence-corrected chi connectivity index (χ3v) is 1.02. The standard InChI is InChI=1S/C5H12N4O2/c6-4(10)2-1-3-8-5(11)9-7/h1-3,7H2,(H2,6,10)(H2,8,9,11). The molecule has 0 spiro atoms. The van der Waals surface area contributed by atoms with Crippen molar-refractivity contribution in [2.24, 2.45) is 11.6 Å². The van der Waals surface area contributed by atoms with Gasteiger partial charge in [-0.05, 0) is 6.42 Å². The molecule has 0 bridgehead atoms. The lowest BCUT2D eigenvalue weighted by Gasteiger charge is -2.01. The molecule has 11 heavy (non-hydrogen) atoms. The number of urea groups is 1. The normalized spacial score (nSPS) is 8.82. The van der Waals surface area contributed by atoms with Crippen LogP contribution in [0, 0.1) is 0 Å². The molecule has 0 atom stereocenters. The van der Waals surface area contributed by atoms with E-state index in [1.807, 2.05) is 5.43 Å². The van der Waals surface area contributed by atoms with E-state index in [1.165, 1.54) is 0 Å². The van der Waals surface area contributed by atoms with E-state index in [-0.39, 0.29) is 12.3 Å². The molecule has 0 rings (SSSR count). The van der Waals surface area contributed by atoms with Crippen LogP contribution in [0.3, 0.4) is 0 Å². The highest BCUT2D eigenvalue weighted by Crippen LogP contribution is 1.83. The number of hydrogen-bond donors (Lipinski definition) is 4. The van der Waals surface area contributed by atoms with Crippen LogP contribution in [0.1, 0.15) is 12.8 Å². The maximum absolute atomic E-state index is 10.4. The van der Waals surface area contributed by atoms with Crippen molar-refractivity contribution in [1.82, 2.24) is 10.7 Å². The molecule has 0 heterocycles. The molecule has 3 amide bonds. The summed E-state index contributed by atoms with van der Waals surface area (Å²) in [5.41, 5.74) is 6.74. The average Bonchev–Trinajstić information content (AvgIpc) is 1.97. The topological polar surface area (TPSA) is 110 Å². The first-order chi connectivity index (χ1) is 5.16. The summed E-state index contributed by atoms with van der Waals surface area (Å²) in [6.07, 6.45) is 0.799. The number of carbonyl (C=O) groups is 2. The molecule has 0 radical (unpaired) electrons. The molecule has 0 aromatic carbocycles. The number of nitrogens with one attached hydrogen (secondary N) is 2.